The van der Waals surface area contributed by atoms with Crippen LogP contribution < -0.4 is 5.32 Å². The summed E-state index contributed by atoms with van der Waals surface area (Å²) in [5.41, 5.74) is 2.80. The zero-order valence-corrected chi connectivity index (χ0v) is 13.8. The molecular weight excluding hydrogens is 321 g/mol. The Kier molecular flexibility index (Phi) is 6.28. The van der Waals surface area contributed by atoms with E-state index >= 15 is 0 Å². The predicted molar refractivity (Wildman–Crippen MR) is 92.0 cm³/mol. The molecule has 0 bridgehead atoms. The second-order valence-electron chi connectivity index (χ2n) is 4.79. The molecule has 0 heterocycles. The Balaban J connectivity index is 1.85. The van der Waals surface area contributed by atoms with Crippen LogP contribution in [-0.4, -0.2) is 11.7 Å². The number of carbonyl (C=O) groups is 1. The van der Waals surface area contributed by atoms with Gasteiger partial charge in [0.05, 0.1) is 5.75 Å². The highest BCUT2D eigenvalue weighted by atomic mass is 35.5. The number of thioether (sulfide) groups is 1. The summed E-state index contributed by atoms with van der Waals surface area (Å²) in [6.07, 6.45) is 0.870. The Hall–Kier alpha value is -1.52. The maximum absolute atomic E-state index is 13.0. The summed E-state index contributed by atoms with van der Waals surface area (Å²) in [4.78, 5) is 12.0. The normalized spacial score (nSPS) is 10.5. The van der Waals surface area contributed by atoms with E-state index in [1.165, 1.54) is 23.9 Å². The number of carbonyl (C=O) groups excluding carboxylic acids is 1. The molecule has 1 N–H and O–H groups in total. The Morgan fingerprint density at radius 2 is 2.00 bits per heavy atom. The Morgan fingerprint density at radius 3 is 2.73 bits per heavy atom. The lowest BCUT2D eigenvalue weighted by atomic mass is 10.1. The van der Waals surface area contributed by atoms with Crippen LogP contribution >= 0.6 is 23.4 Å². The number of hydrogen-bond acceptors (Lipinski definition) is 2. The summed E-state index contributed by atoms with van der Waals surface area (Å²) in [7, 11) is 0. The minimum absolute atomic E-state index is 0.0517. The number of nitrogens with one attached hydrogen (secondary N) is 1. The molecule has 2 aromatic carbocycles. The molecule has 0 aliphatic carbocycles. The second kappa shape index (κ2) is 8.20. The van der Waals surface area contributed by atoms with Crippen LogP contribution in [0.3, 0.4) is 0 Å². The molecule has 2 rings (SSSR count). The molecule has 0 radical (unpaired) electrons. The van der Waals surface area contributed by atoms with Gasteiger partial charge >= 0.3 is 0 Å². The molecule has 116 valence electrons. The van der Waals surface area contributed by atoms with Crippen LogP contribution in [0.15, 0.2) is 42.5 Å². The first-order valence-electron chi connectivity index (χ1n) is 6.99. The molecule has 0 aliphatic heterocycles. The number of rotatable bonds is 6. The average molecular weight is 338 g/mol. The summed E-state index contributed by atoms with van der Waals surface area (Å²) < 4.78 is 13.0. The summed E-state index contributed by atoms with van der Waals surface area (Å²) in [6.45, 7) is 2.05. The maximum Gasteiger partial charge on any atom is 0.234 e. The van der Waals surface area contributed by atoms with Crippen LogP contribution in [0.25, 0.3) is 0 Å². The smallest absolute Gasteiger partial charge is 0.234 e. The number of amides is 1. The zero-order chi connectivity index (χ0) is 15.9. The first-order chi connectivity index (χ1) is 10.6. The summed E-state index contributed by atoms with van der Waals surface area (Å²) >= 11 is 7.41. The second-order valence-corrected chi connectivity index (χ2v) is 6.18. The van der Waals surface area contributed by atoms with Gasteiger partial charge in [-0.25, -0.2) is 4.39 Å². The molecule has 0 saturated carbocycles. The van der Waals surface area contributed by atoms with Crippen LogP contribution in [0.1, 0.15) is 18.1 Å². The molecule has 2 nitrogen and oxygen atoms in total. The molecule has 2 aromatic rings. The largest absolute Gasteiger partial charge is 0.325 e. The van der Waals surface area contributed by atoms with E-state index in [1.807, 2.05) is 24.3 Å². The molecule has 0 aromatic heterocycles. The fourth-order valence-corrected chi connectivity index (χ4v) is 3.17. The molecule has 5 heteroatoms. The van der Waals surface area contributed by atoms with Gasteiger partial charge in [-0.1, -0.05) is 42.8 Å². The van der Waals surface area contributed by atoms with Gasteiger partial charge in [0.15, 0.2) is 0 Å². The van der Waals surface area contributed by atoms with E-state index in [0.717, 1.165) is 23.2 Å². The van der Waals surface area contributed by atoms with Crippen molar-refractivity contribution < 1.29 is 9.18 Å². The third-order valence-corrected chi connectivity index (χ3v) is 4.51. The standard InChI is InChI=1S/C17H17ClFNOS/c1-2-12-5-3-4-6-16(12)20-17(21)11-22-10-13-7-8-14(19)9-15(13)18/h3-9H,2,10-11H2,1H3,(H,20,21). The monoisotopic (exact) mass is 337 g/mol. The van der Waals surface area contributed by atoms with Gasteiger partial charge in [0.2, 0.25) is 5.91 Å². The average Bonchev–Trinajstić information content (AvgIpc) is 2.50. The van der Waals surface area contributed by atoms with E-state index in [9.17, 15) is 9.18 Å². The van der Waals surface area contributed by atoms with Gasteiger partial charge in [0, 0.05) is 16.5 Å². The minimum Gasteiger partial charge on any atom is -0.325 e. The minimum atomic E-state index is -0.354. The first-order valence-corrected chi connectivity index (χ1v) is 8.53. The molecule has 1 amide bonds. The van der Waals surface area contributed by atoms with Gasteiger partial charge in [0.1, 0.15) is 5.82 Å². The van der Waals surface area contributed by atoms with Crippen LogP contribution in [-0.2, 0) is 17.0 Å². The van der Waals surface area contributed by atoms with Crippen LogP contribution in [0, 0.1) is 5.82 Å². The molecule has 22 heavy (non-hydrogen) atoms. The SMILES string of the molecule is CCc1ccccc1NC(=O)CSCc1ccc(F)cc1Cl. The molecule has 0 unspecified atom stereocenters. The Bertz CT molecular complexity index is 663. The number of aryl methyl sites for hydroxylation is 1. The molecule has 0 spiro atoms. The van der Waals surface area contributed by atoms with E-state index in [0.29, 0.717) is 16.5 Å². The molecule has 0 aliphatic rings. The topological polar surface area (TPSA) is 29.1 Å². The fraction of sp³-hybridized carbons (Fsp3) is 0.235. The lowest BCUT2D eigenvalue weighted by Crippen LogP contribution is -2.15. The van der Waals surface area contributed by atoms with Gasteiger partial charge in [-0.2, -0.15) is 0 Å². The number of anilines is 1. The van der Waals surface area contributed by atoms with Crippen LogP contribution in [0.2, 0.25) is 5.02 Å². The highest BCUT2D eigenvalue weighted by Crippen LogP contribution is 2.22. The van der Waals surface area contributed by atoms with Gasteiger partial charge in [0.25, 0.3) is 0 Å². The maximum atomic E-state index is 13.0. The van der Waals surface area contributed by atoms with Crippen molar-refractivity contribution in [2.45, 2.75) is 19.1 Å². The molecule has 0 fully saturated rings. The highest BCUT2D eigenvalue weighted by molar-refractivity contribution is 7.99. The van der Waals surface area contributed by atoms with Crippen LogP contribution in [0.4, 0.5) is 10.1 Å². The van der Waals surface area contributed by atoms with Crippen molar-refractivity contribution in [1.29, 1.82) is 0 Å². The summed E-state index contributed by atoms with van der Waals surface area (Å²) in [6, 6.07) is 12.1. The summed E-state index contributed by atoms with van der Waals surface area (Å²) in [5, 5.41) is 3.31. The van der Waals surface area contributed by atoms with Crippen LogP contribution in [0.5, 0.6) is 0 Å². The lowest BCUT2D eigenvalue weighted by molar-refractivity contribution is -0.113. The number of halogens is 2. The third kappa shape index (κ3) is 4.75. The van der Waals surface area contributed by atoms with Crippen molar-refractivity contribution in [2.75, 3.05) is 11.1 Å². The molecular formula is C17H17ClFNOS. The van der Waals surface area contributed by atoms with Crippen molar-refractivity contribution in [2.24, 2.45) is 0 Å². The van der Waals surface area contributed by atoms with E-state index in [2.05, 4.69) is 12.2 Å². The van der Waals surface area contributed by atoms with Gasteiger partial charge in [-0.15, -0.1) is 11.8 Å². The Morgan fingerprint density at radius 1 is 1.23 bits per heavy atom. The van der Waals surface area contributed by atoms with E-state index in [-0.39, 0.29) is 11.7 Å². The van der Waals surface area contributed by atoms with Crippen molar-refractivity contribution in [1.82, 2.24) is 0 Å². The fourth-order valence-electron chi connectivity index (χ4n) is 2.03. The molecule has 0 atom stereocenters. The van der Waals surface area contributed by atoms with Gasteiger partial charge in [-0.3, -0.25) is 4.79 Å². The number of benzene rings is 2. The zero-order valence-electron chi connectivity index (χ0n) is 12.2. The van der Waals surface area contributed by atoms with E-state index in [4.69, 9.17) is 11.6 Å². The van der Waals surface area contributed by atoms with Gasteiger partial charge < -0.3 is 5.32 Å². The first kappa shape index (κ1) is 16.8. The van der Waals surface area contributed by atoms with Crippen molar-refractivity contribution >= 4 is 35.0 Å². The number of para-hydroxylation sites is 1. The predicted octanol–water partition coefficient (Wildman–Crippen LogP) is 4.91. The van der Waals surface area contributed by atoms with Crippen molar-refractivity contribution in [3.63, 3.8) is 0 Å². The quantitative estimate of drug-likeness (QED) is 0.811. The third-order valence-electron chi connectivity index (χ3n) is 3.18. The van der Waals surface area contributed by atoms with Gasteiger partial charge in [-0.05, 0) is 35.7 Å². The van der Waals surface area contributed by atoms with E-state index < -0.39 is 0 Å². The summed E-state index contributed by atoms with van der Waals surface area (Å²) in [5.74, 6) is 0.491. The highest BCUT2D eigenvalue weighted by Gasteiger charge is 2.07. The van der Waals surface area contributed by atoms with E-state index in [1.54, 1.807) is 6.07 Å². The Labute approximate surface area is 139 Å². The van der Waals surface area contributed by atoms with Crippen molar-refractivity contribution in [3.05, 3.63) is 64.4 Å². The van der Waals surface area contributed by atoms with Crippen molar-refractivity contribution in [3.8, 4) is 0 Å². The lowest BCUT2D eigenvalue weighted by Gasteiger charge is -2.09. The number of hydrogen-bond donors (Lipinski definition) is 1. The molecule has 0 saturated heterocycles.